The highest BCUT2D eigenvalue weighted by Gasteiger charge is 2.39. The van der Waals surface area contributed by atoms with Crippen molar-refractivity contribution in [1.82, 2.24) is 25.3 Å². The highest BCUT2D eigenvalue weighted by Crippen LogP contribution is 2.46. The standard InChI is InChI=1S/C22H19F4N7OS/c1-34-21-31-18-11(19(32-21)33-6-9-2-3-10(7-33)29-9)4-13(22(24,25)26)15(16(18)23)12-8-35-14-5-28-20(27)30-17(12)14/h4-5,8-10,29H,2-3,6-7H2,1H3,(H2,27,28,30). The van der Waals surface area contributed by atoms with Gasteiger partial charge in [-0.05, 0) is 18.9 Å². The van der Waals surface area contributed by atoms with Gasteiger partial charge in [0, 0.05) is 47.1 Å². The van der Waals surface area contributed by atoms with Crippen molar-refractivity contribution < 1.29 is 22.3 Å². The Kier molecular flexibility index (Phi) is 4.97. The second-order valence-electron chi connectivity index (χ2n) is 8.67. The van der Waals surface area contributed by atoms with Gasteiger partial charge in [-0.15, -0.1) is 11.3 Å². The second-order valence-corrected chi connectivity index (χ2v) is 9.59. The van der Waals surface area contributed by atoms with E-state index in [1.165, 1.54) is 18.7 Å². The number of aromatic nitrogens is 4. The molecule has 0 amide bonds. The summed E-state index contributed by atoms with van der Waals surface area (Å²) in [7, 11) is 1.33. The number of anilines is 2. The van der Waals surface area contributed by atoms with Crippen LogP contribution in [0.5, 0.6) is 6.01 Å². The maximum absolute atomic E-state index is 16.1. The van der Waals surface area contributed by atoms with Crippen molar-refractivity contribution in [3.05, 3.63) is 29.0 Å². The number of nitrogens with two attached hydrogens (primary N) is 1. The van der Waals surface area contributed by atoms with E-state index in [9.17, 15) is 13.2 Å². The number of hydrogen-bond acceptors (Lipinski definition) is 9. The van der Waals surface area contributed by atoms with Gasteiger partial charge in [-0.3, -0.25) is 0 Å². The number of alkyl halides is 3. The monoisotopic (exact) mass is 505 g/mol. The first kappa shape index (κ1) is 22.2. The van der Waals surface area contributed by atoms with Crippen molar-refractivity contribution in [2.75, 3.05) is 30.8 Å². The zero-order valence-electron chi connectivity index (χ0n) is 18.4. The summed E-state index contributed by atoms with van der Waals surface area (Å²) in [6.07, 6.45) is -1.52. The lowest BCUT2D eigenvalue weighted by molar-refractivity contribution is -0.137. The predicted octanol–water partition coefficient (Wildman–Crippen LogP) is 3.99. The van der Waals surface area contributed by atoms with Gasteiger partial charge in [0.05, 0.1) is 29.1 Å². The number of methoxy groups -OCH3 is 1. The van der Waals surface area contributed by atoms with E-state index in [1.807, 2.05) is 4.90 Å². The van der Waals surface area contributed by atoms with E-state index >= 15 is 4.39 Å². The number of halogens is 4. The lowest BCUT2D eigenvalue weighted by atomic mass is 9.97. The number of rotatable bonds is 3. The van der Waals surface area contributed by atoms with Crippen molar-refractivity contribution in [3.8, 4) is 17.1 Å². The number of nitrogen functional groups attached to an aromatic ring is 1. The van der Waals surface area contributed by atoms with Crippen LogP contribution in [0.3, 0.4) is 0 Å². The van der Waals surface area contributed by atoms with E-state index in [0.29, 0.717) is 17.8 Å². The van der Waals surface area contributed by atoms with Crippen LogP contribution >= 0.6 is 11.3 Å². The fourth-order valence-electron chi connectivity index (χ4n) is 5.00. The Balaban J connectivity index is 1.65. The number of ether oxygens (including phenoxy) is 1. The molecule has 2 fully saturated rings. The zero-order valence-corrected chi connectivity index (χ0v) is 19.2. The molecule has 2 aliphatic rings. The third-order valence-electron chi connectivity index (χ3n) is 6.50. The van der Waals surface area contributed by atoms with Crippen molar-refractivity contribution in [2.24, 2.45) is 0 Å². The minimum Gasteiger partial charge on any atom is -0.467 e. The average molecular weight is 506 g/mol. The smallest absolute Gasteiger partial charge is 0.417 e. The quantitative estimate of drug-likeness (QED) is 0.403. The Morgan fingerprint density at radius 1 is 1.14 bits per heavy atom. The van der Waals surface area contributed by atoms with E-state index < -0.39 is 23.1 Å². The summed E-state index contributed by atoms with van der Waals surface area (Å²) >= 11 is 1.10. The molecule has 0 radical (unpaired) electrons. The van der Waals surface area contributed by atoms with E-state index in [-0.39, 0.29) is 51.8 Å². The first-order valence-corrected chi connectivity index (χ1v) is 11.8. The lowest BCUT2D eigenvalue weighted by Gasteiger charge is -2.34. The topological polar surface area (TPSA) is 102 Å². The van der Waals surface area contributed by atoms with Crippen LogP contribution in [0, 0.1) is 5.82 Å². The second kappa shape index (κ2) is 7.85. The number of nitrogens with zero attached hydrogens (tertiary/aromatic N) is 5. The minimum atomic E-state index is -4.85. The molecule has 182 valence electrons. The number of thiophene rings is 1. The van der Waals surface area contributed by atoms with Crippen LogP contribution in [0.15, 0.2) is 17.6 Å². The number of nitrogens with one attached hydrogen (secondary N) is 1. The molecule has 2 unspecified atom stereocenters. The first-order valence-electron chi connectivity index (χ1n) is 10.9. The van der Waals surface area contributed by atoms with Gasteiger partial charge >= 0.3 is 12.2 Å². The maximum atomic E-state index is 16.1. The molecule has 0 spiro atoms. The Morgan fingerprint density at radius 3 is 2.57 bits per heavy atom. The van der Waals surface area contributed by atoms with Crippen molar-refractivity contribution in [3.63, 3.8) is 0 Å². The van der Waals surface area contributed by atoms with Crippen molar-refractivity contribution >= 4 is 44.2 Å². The van der Waals surface area contributed by atoms with Crippen LogP contribution in [0.1, 0.15) is 18.4 Å². The highest BCUT2D eigenvalue weighted by atomic mass is 32.1. The number of piperazine rings is 1. The average Bonchev–Trinajstić information content (AvgIpc) is 3.39. The van der Waals surface area contributed by atoms with Gasteiger partial charge in [0.15, 0.2) is 5.82 Å². The summed E-state index contributed by atoms with van der Waals surface area (Å²) in [6.45, 7) is 1.09. The Hall–Kier alpha value is -3.32. The zero-order chi connectivity index (χ0) is 24.5. The van der Waals surface area contributed by atoms with Gasteiger partial charge < -0.3 is 20.7 Å². The van der Waals surface area contributed by atoms with Gasteiger partial charge in [0.25, 0.3) is 0 Å². The molecular weight excluding hydrogens is 486 g/mol. The molecule has 0 aliphatic carbocycles. The molecule has 35 heavy (non-hydrogen) atoms. The largest absolute Gasteiger partial charge is 0.467 e. The van der Waals surface area contributed by atoms with Gasteiger partial charge in [0.2, 0.25) is 5.95 Å². The number of hydrogen-bond donors (Lipinski definition) is 2. The summed E-state index contributed by atoms with van der Waals surface area (Å²) in [5, 5.41) is 4.87. The van der Waals surface area contributed by atoms with Crippen molar-refractivity contribution in [1.29, 1.82) is 0 Å². The SMILES string of the molecule is COc1nc(N2CC3CCC(C2)N3)c2cc(C(F)(F)F)c(-c3csc4cnc(N)nc34)c(F)c2n1. The molecule has 2 bridgehead atoms. The third-order valence-corrected chi connectivity index (χ3v) is 7.40. The molecule has 13 heteroatoms. The van der Waals surface area contributed by atoms with Crippen LogP contribution < -0.4 is 20.7 Å². The Labute approximate surface area is 200 Å². The summed E-state index contributed by atoms with van der Waals surface area (Å²) in [5.74, 6) is -1.01. The molecule has 4 aromatic rings. The predicted molar refractivity (Wildman–Crippen MR) is 124 cm³/mol. The molecule has 6 rings (SSSR count). The van der Waals surface area contributed by atoms with Crippen LogP contribution in [-0.4, -0.2) is 52.2 Å². The fourth-order valence-corrected chi connectivity index (χ4v) is 5.85. The van der Waals surface area contributed by atoms with Crippen LogP contribution in [-0.2, 0) is 6.18 Å². The lowest BCUT2D eigenvalue weighted by Crippen LogP contribution is -2.51. The van der Waals surface area contributed by atoms with Gasteiger partial charge in [0.1, 0.15) is 11.3 Å². The van der Waals surface area contributed by atoms with E-state index in [0.717, 1.165) is 30.2 Å². The molecule has 2 aliphatic heterocycles. The third kappa shape index (κ3) is 3.60. The van der Waals surface area contributed by atoms with E-state index in [1.54, 1.807) is 0 Å². The molecule has 8 nitrogen and oxygen atoms in total. The van der Waals surface area contributed by atoms with Gasteiger partial charge in [-0.2, -0.15) is 23.1 Å². The van der Waals surface area contributed by atoms with E-state index in [2.05, 4.69) is 25.3 Å². The molecular formula is C22H19F4N7OS. The molecule has 2 atom stereocenters. The molecule has 5 heterocycles. The molecule has 2 saturated heterocycles. The number of fused-ring (bicyclic) bond motifs is 4. The van der Waals surface area contributed by atoms with Crippen LogP contribution in [0.2, 0.25) is 0 Å². The molecule has 0 saturated carbocycles. The normalized spacial score (nSPS) is 20.2. The van der Waals surface area contributed by atoms with Crippen LogP contribution in [0.25, 0.3) is 32.2 Å². The summed E-state index contributed by atoms with van der Waals surface area (Å²) in [4.78, 5) is 18.3. The Morgan fingerprint density at radius 2 is 1.89 bits per heavy atom. The molecule has 1 aromatic carbocycles. The van der Waals surface area contributed by atoms with E-state index in [4.69, 9.17) is 10.5 Å². The fraction of sp³-hybridized carbons (Fsp3) is 0.364. The van der Waals surface area contributed by atoms with Gasteiger partial charge in [-0.25, -0.2) is 14.4 Å². The minimum absolute atomic E-state index is 0.0191. The van der Waals surface area contributed by atoms with Crippen LogP contribution in [0.4, 0.5) is 29.3 Å². The first-order chi connectivity index (χ1) is 16.7. The number of benzene rings is 1. The summed E-state index contributed by atoms with van der Waals surface area (Å²) < 4.78 is 64.9. The highest BCUT2D eigenvalue weighted by molar-refractivity contribution is 7.17. The van der Waals surface area contributed by atoms with Gasteiger partial charge in [-0.1, -0.05) is 0 Å². The molecule has 3 aromatic heterocycles. The summed E-state index contributed by atoms with van der Waals surface area (Å²) in [6, 6.07) is 1.20. The summed E-state index contributed by atoms with van der Waals surface area (Å²) in [5.41, 5.74) is 3.77. The van der Waals surface area contributed by atoms with Crippen molar-refractivity contribution in [2.45, 2.75) is 31.1 Å². The molecule has 3 N–H and O–H groups in total. The Bertz CT molecular complexity index is 1460. The maximum Gasteiger partial charge on any atom is 0.417 e.